The first-order valence-electron chi connectivity index (χ1n) is 7.95. The van der Waals surface area contributed by atoms with E-state index in [1.807, 2.05) is 13.8 Å². The van der Waals surface area contributed by atoms with E-state index < -0.39 is 11.1 Å². The van der Waals surface area contributed by atoms with Crippen LogP contribution in [0, 0.1) is 5.82 Å². The number of nitrogens with two attached hydrogens (primary N) is 1. The molecule has 1 fully saturated rings. The van der Waals surface area contributed by atoms with Crippen LogP contribution in [0.5, 0.6) is 5.75 Å². The molecule has 6 heteroatoms. The zero-order valence-electron chi connectivity index (χ0n) is 13.5. The molecule has 0 aromatic heterocycles. The zero-order chi connectivity index (χ0) is 16.7. The summed E-state index contributed by atoms with van der Waals surface area (Å²) in [5.41, 5.74) is 5.64. The first-order chi connectivity index (χ1) is 10.8. The minimum Gasteiger partial charge on any atom is -0.487 e. The van der Waals surface area contributed by atoms with Crippen molar-refractivity contribution in [3.05, 3.63) is 29.6 Å². The van der Waals surface area contributed by atoms with Crippen LogP contribution in [0.15, 0.2) is 18.2 Å². The van der Waals surface area contributed by atoms with Gasteiger partial charge in [-0.05, 0) is 32.8 Å². The van der Waals surface area contributed by atoms with Gasteiger partial charge in [-0.15, -0.1) is 0 Å². The van der Waals surface area contributed by atoms with Crippen LogP contribution >= 0.6 is 0 Å². The van der Waals surface area contributed by atoms with Crippen LogP contribution in [0.1, 0.15) is 44.7 Å². The molecular formula is C17H23FN2O3. The van der Waals surface area contributed by atoms with E-state index in [1.54, 1.807) is 6.07 Å². The molecule has 1 aromatic carbocycles. The predicted octanol–water partition coefficient (Wildman–Crippen LogP) is 2.05. The summed E-state index contributed by atoms with van der Waals surface area (Å²) in [5.74, 6) is -0.0605. The molecule has 2 aliphatic heterocycles. The van der Waals surface area contributed by atoms with Crippen LogP contribution in [-0.4, -0.2) is 30.3 Å². The Morgan fingerprint density at radius 3 is 2.74 bits per heavy atom. The maximum Gasteiger partial charge on any atom is 0.240 e. The van der Waals surface area contributed by atoms with Crippen LogP contribution in [-0.2, 0) is 9.53 Å². The number of benzene rings is 1. The van der Waals surface area contributed by atoms with Crippen LogP contribution in [0.2, 0.25) is 0 Å². The lowest BCUT2D eigenvalue weighted by atomic mass is 9.86. The third kappa shape index (κ3) is 3.33. The van der Waals surface area contributed by atoms with Gasteiger partial charge in [0.05, 0.1) is 11.6 Å². The lowest BCUT2D eigenvalue weighted by Gasteiger charge is -2.40. The van der Waals surface area contributed by atoms with Gasteiger partial charge in [-0.2, -0.15) is 0 Å². The second-order valence-electron chi connectivity index (χ2n) is 7.04. The molecule has 1 atom stereocenters. The van der Waals surface area contributed by atoms with Crippen LogP contribution in [0.25, 0.3) is 0 Å². The van der Waals surface area contributed by atoms with Gasteiger partial charge < -0.3 is 20.5 Å². The largest absolute Gasteiger partial charge is 0.487 e. The summed E-state index contributed by atoms with van der Waals surface area (Å²) in [5, 5.41) is 3.04. The molecule has 1 saturated heterocycles. The molecule has 0 saturated carbocycles. The van der Waals surface area contributed by atoms with Gasteiger partial charge in [-0.25, -0.2) is 4.39 Å². The standard InChI is InChI=1S/C17H23FN2O3/c1-16(2)10-13(12-4-3-11(18)9-14(12)23-16)20-15(21)17(19)5-7-22-8-6-17/h3-4,9,13H,5-8,10,19H2,1-2H3,(H,20,21). The number of rotatable bonds is 2. The molecule has 2 heterocycles. The Balaban J connectivity index is 1.83. The fourth-order valence-corrected chi connectivity index (χ4v) is 3.22. The summed E-state index contributed by atoms with van der Waals surface area (Å²) in [6, 6.07) is 4.16. The topological polar surface area (TPSA) is 73.6 Å². The van der Waals surface area contributed by atoms with Crippen molar-refractivity contribution >= 4 is 5.91 Å². The highest BCUT2D eigenvalue weighted by molar-refractivity contribution is 5.86. The van der Waals surface area contributed by atoms with E-state index in [4.69, 9.17) is 15.2 Å². The molecular weight excluding hydrogens is 299 g/mol. The molecule has 0 aliphatic carbocycles. The van der Waals surface area contributed by atoms with E-state index in [1.165, 1.54) is 12.1 Å². The second kappa shape index (κ2) is 5.76. The highest BCUT2D eigenvalue weighted by Gasteiger charge is 2.40. The minimum absolute atomic E-state index is 0.182. The maximum atomic E-state index is 13.5. The first-order valence-corrected chi connectivity index (χ1v) is 7.95. The molecule has 1 unspecified atom stereocenters. The summed E-state index contributed by atoms with van der Waals surface area (Å²) in [6.45, 7) is 4.83. The van der Waals surface area contributed by atoms with E-state index >= 15 is 0 Å². The van der Waals surface area contributed by atoms with Gasteiger partial charge in [-0.1, -0.05) is 6.07 Å². The van der Waals surface area contributed by atoms with Crippen LogP contribution in [0.3, 0.4) is 0 Å². The van der Waals surface area contributed by atoms with Crippen molar-refractivity contribution in [2.75, 3.05) is 13.2 Å². The Hall–Kier alpha value is -1.66. The molecule has 0 radical (unpaired) electrons. The van der Waals surface area contributed by atoms with E-state index in [9.17, 15) is 9.18 Å². The van der Waals surface area contributed by atoms with Gasteiger partial charge in [0.1, 0.15) is 17.2 Å². The van der Waals surface area contributed by atoms with Crippen molar-refractivity contribution < 1.29 is 18.7 Å². The molecule has 5 nitrogen and oxygen atoms in total. The van der Waals surface area contributed by atoms with Crippen molar-refractivity contribution in [1.29, 1.82) is 0 Å². The molecule has 3 rings (SSSR count). The van der Waals surface area contributed by atoms with E-state index in [2.05, 4.69) is 5.32 Å². The van der Waals surface area contributed by atoms with Crippen molar-refractivity contribution in [2.45, 2.75) is 50.3 Å². The number of amides is 1. The van der Waals surface area contributed by atoms with Crippen molar-refractivity contribution in [3.8, 4) is 5.75 Å². The van der Waals surface area contributed by atoms with Gasteiger partial charge in [-0.3, -0.25) is 4.79 Å². The van der Waals surface area contributed by atoms with Gasteiger partial charge in [0.15, 0.2) is 0 Å². The van der Waals surface area contributed by atoms with Crippen molar-refractivity contribution in [3.63, 3.8) is 0 Å². The van der Waals surface area contributed by atoms with Gasteiger partial charge in [0, 0.05) is 31.3 Å². The number of nitrogens with one attached hydrogen (secondary N) is 1. The lowest BCUT2D eigenvalue weighted by molar-refractivity contribution is -0.131. The Kier molecular flexibility index (Phi) is 4.06. The molecule has 3 N–H and O–H groups in total. The smallest absolute Gasteiger partial charge is 0.240 e. The predicted molar refractivity (Wildman–Crippen MR) is 83.6 cm³/mol. The Labute approximate surface area is 135 Å². The number of fused-ring (bicyclic) bond motifs is 1. The second-order valence-corrected chi connectivity index (χ2v) is 7.04. The van der Waals surface area contributed by atoms with E-state index in [0.29, 0.717) is 38.2 Å². The normalized spacial score (nSPS) is 25.1. The maximum absolute atomic E-state index is 13.5. The summed E-state index contributed by atoms with van der Waals surface area (Å²) in [7, 11) is 0. The average Bonchev–Trinajstić information content (AvgIpc) is 2.46. The van der Waals surface area contributed by atoms with Crippen molar-refractivity contribution in [2.24, 2.45) is 5.73 Å². The van der Waals surface area contributed by atoms with Gasteiger partial charge >= 0.3 is 0 Å². The molecule has 126 valence electrons. The molecule has 23 heavy (non-hydrogen) atoms. The van der Waals surface area contributed by atoms with Gasteiger partial charge in [0.2, 0.25) is 5.91 Å². The SMILES string of the molecule is CC1(C)CC(NC(=O)C2(N)CCOCC2)c2ccc(F)cc2O1. The third-order valence-electron chi connectivity index (χ3n) is 4.58. The number of halogens is 1. The van der Waals surface area contributed by atoms with E-state index in [-0.39, 0.29) is 17.8 Å². The third-order valence-corrected chi connectivity index (χ3v) is 4.58. The minimum atomic E-state index is -0.902. The Morgan fingerprint density at radius 2 is 2.04 bits per heavy atom. The molecule has 0 spiro atoms. The molecule has 0 bridgehead atoms. The van der Waals surface area contributed by atoms with Gasteiger partial charge in [0.25, 0.3) is 0 Å². The quantitative estimate of drug-likeness (QED) is 0.874. The van der Waals surface area contributed by atoms with Crippen LogP contribution in [0.4, 0.5) is 4.39 Å². The highest BCUT2D eigenvalue weighted by atomic mass is 19.1. The number of hydrogen-bond acceptors (Lipinski definition) is 4. The monoisotopic (exact) mass is 322 g/mol. The lowest BCUT2D eigenvalue weighted by Crippen LogP contribution is -2.58. The summed E-state index contributed by atoms with van der Waals surface area (Å²) >= 11 is 0. The number of ether oxygens (including phenoxy) is 2. The van der Waals surface area contributed by atoms with Crippen LogP contribution < -0.4 is 15.8 Å². The summed E-state index contributed by atoms with van der Waals surface area (Å²) in [6.07, 6.45) is 1.60. The summed E-state index contributed by atoms with van der Waals surface area (Å²) < 4.78 is 24.6. The molecule has 2 aliphatic rings. The summed E-state index contributed by atoms with van der Waals surface area (Å²) in [4.78, 5) is 12.7. The Bertz CT molecular complexity index is 612. The molecule has 1 amide bonds. The number of carbonyl (C=O) groups excluding carboxylic acids is 1. The molecule has 1 aromatic rings. The fourth-order valence-electron chi connectivity index (χ4n) is 3.22. The number of carbonyl (C=O) groups is 1. The first kappa shape index (κ1) is 16.2. The fraction of sp³-hybridized carbons (Fsp3) is 0.588. The highest BCUT2D eigenvalue weighted by Crippen LogP contribution is 2.40. The number of hydrogen-bond donors (Lipinski definition) is 2. The average molecular weight is 322 g/mol. The Morgan fingerprint density at radius 1 is 1.35 bits per heavy atom. The van der Waals surface area contributed by atoms with Crippen molar-refractivity contribution in [1.82, 2.24) is 5.32 Å². The van der Waals surface area contributed by atoms with E-state index in [0.717, 1.165) is 5.56 Å². The zero-order valence-corrected chi connectivity index (χ0v) is 13.5.